The second kappa shape index (κ2) is 14.0. The Morgan fingerprint density at radius 2 is 1.96 bits per heavy atom. The molecule has 0 spiro atoms. The van der Waals surface area contributed by atoms with Crippen molar-refractivity contribution < 1.29 is 29.5 Å². The van der Waals surface area contributed by atoms with Crippen LogP contribution in [0.2, 0.25) is 0 Å². The van der Waals surface area contributed by atoms with E-state index >= 15 is 0 Å². The second-order valence-corrected chi connectivity index (χ2v) is 6.25. The van der Waals surface area contributed by atoms with E-state index in [9.17, 15) is 4.79 Å². The van der Waals surface area contributed by atoms with E-state index in [-0.39, 0.29) is 24.3 Å². The molecule has 1 saturated heterocycles. The largest absolute Gasteiger partial charge is 0.469 e. The quantitative estimate of drug-likeness (QED) is 0.174. The number of hydrogen-bond acceptors (Lipinski definition) is 6. The highest BCUT2D eigenvalue weighted by molar-refractivity contribution is 5.68. The van der Waals surface area contributed by atoms with Crippen LogP contribution in [0.25, 0.3) is 0 Å². The van der Waals surface area contributed by atoms with Crippen LogP contribution in [0.3, 0.4) is 0 Å². The number of carbonyl (C=O) groups excluding carboxylic acids is 1. The minimum atomic E-state index is -0.346. The number of hydrogen-bond donors (Lipinski definition) is 1. The zero-order valence-electron chi connectivity index (χ0n) is 15.4. The van der Waals surface area contributed by atoms with E-state index in [1.165, 1.54) is 13.5 Å². The molecule has 0 aromatic heterocycles. The van der Waals surface area contributed by atoms with Crippen LogP contribution in [0.15, 0.2) is 24.3 Å². The molecule has 1 heterocycles. The molecule has 0 radical (unpaired) electrons. The summed E-state index contributed by atoms with van der Waals surface area (Å²) >= 11 is 0. The van der Waals surface area contributed by atoms with E-state index < -0.39 is 0 Å². The lowest BCUT2D eigenvalue weighted by Crippen LogP contribution is -2.26. The fraction of sp³-hybridized carbons (Fsp3) is 0.737. The van der Waals surface area contributed by atoms with Crippen LogP contribution in [-0.2, 0) is 24.2 Å². The van der Waals surface area contributed by atoms with E-state index in [1.807, 2.05) is 25.2 Å². The smallest absolute Gasteiger partial charge is 0.305 e. The third kappa shape index (κ3) is 9.75. The van der Waals surface area contributed by atoms with Crippen LogP contribution in [0.1, 0.15) is 64.7 Å². The molecular formula is C19H32O6. The summed E-state index contributed by atoms with van der Waals surface area (Å²) in [6, 6.07) is 0. The number of methoxy groups -OCH3 is 1. The molecule has 1 unspecified atom stereocenters. The molecule has 0 amide bonds. The maximum Gasteiger partial charge on any atom is 0.305 e. The van der Waals surface area contributed by atoms with Crippen LogP contribution < -0.4 is 0 Å². The van der Waals surface area contributed by atoms with Crippen molar-refractivity contribution in [3.05, 3.63) is 24.3 Å². The lowest BCUT2D eigenvalue weighted by atomic mass is 10.1. The molecule has 1 aliphatic rings. The van der Waals surface area contributed by atoms with Gasteiger partial charge < -0.3 is 4.74 Å². The standard InChI is InChI=1S/C19H32O6/c1-3-17(23-21)18-15-16(24-25-18)13-11-9-7-5-4-6-8-10-12-14-19(20)22-2/h7,9,11,13,16-18,21H,3-6,8,10,12,14-15H2,1-2H3/b9-7-,13-11+/t16-,17?,18-/m1/s1. The molecule has 1 N–H and O–H groups in total. The third-order valence-electron chi connectivity index (χ3n) is 4.27. The van der Waals surface area contributed by atoms with Crippen molar-refractivity contribution in [2.24, 2.45) is 0 Å². The Kier molecular flexibility index (Phi) is 12.2. The molecule has 0 aromatic rings. The highest BCUT2D eigenvalue weighted by atomic mass is 17.2. The second-order valence-electron chi connectivity index (χ2n) is 6.25. The van der Waals surface area contributed by atoms with Gasteiger partial charge in [-0.1, -0.05) is 50.5 Å². The number of esters is 1. The molecule has 0 aromatic carbocycles. The maximum atomic E-state index is 11.0. The van der Waals surface area contributed by atoms with E-state index in [4.69, 9.17) is 15.0 Å². The number of unbranched alkanes of at least 4 members (excludes halogenated alkanes) is 5. The van der Waals surface area contributed by atoms with Gasteiger partial charge in [-0.2, -0.15) is 0 Å². The Balaban J connectivity index is 2.01. The number of carbonyl (C=O) groups is 1. The van der Waals surface area contributed by atoms with Gasteiger partial charge in [0.2, 0.25) is 0 Å². The molecule has 6 heteroatoms. The van der Waals surface area contributed by atoms with Gasteiger partial charge in [0.05, 0.1) is 7.11 Å². The monoisotopic (exact) mass is 356 g/mol. The normalized spacial score (nSPS) is 22.0. The maximum absolute atomic E-state index is 11.0. The first-order valence-corrected chi connectivity index (χ1v) is 9.23. The molecule has 3 atom stereocenters. The molecule has 0 saturated carbocycles. The lowest BCUT2D eigenvalue weighted by Gasteiger charge is -2.14. The average molecular weight is 356 g/mol. The minimum absolute atomic E-state index is 0.103. The lowest BCUT2D eigenvalue weighted by molar-refractivity contribution is -0.348. The number of allylic oxidation sites excluding steroid dienone is 3. The Labute approximate surface area is 150 Å². The fourth-order valence-corrected chi connectivity index (χ4v) is 2.71. The molecule has 6 nitrogen and oxygen atoms in total. The molecule has 25 heavy (non-hydrogen) atoms. The van der Waals surface area contributed by atoms with Crippen molar-refractivity contribution in [2.45, 2.75) is 83.0 Å². The average Bonchev–Trinajstić information content (AvgIpc) is 3.09. The van der Waals surface area contributed by atoms with Crippen LogP contribution in [0.4, 0.5) is 0 Å². The van der Waals surface area contributed by atoms with Gasteiger partial charge in [0, 0.05) is 12.8 Å². The molecule has 1 fully saturated rings. The zero-order chi connectivity index (χ0) is 18.3. The van der Waals surface area contributed by atoms with Gasteiger partial charge >= 0.3 is 5.97 Å². The predicted octanol–water partition coefficient (Wildman–Crippen LogP) is 4.36. The first-order chi connectivity index (χ1) is 12.2. The van der Waals surface area contributed by atoms with Crippen LogP contribution >= 0.6 is 0 Å². The van der Waals surface area contributed by atoms with Crippen LogP contribution in [0.5, 0.6) is 0 Å². The molecule has 1 rings (SSSR count). The van der Waals surface area contributed by atoms with Gasteiger partial charge in [-0.25, -0.2) is 14.7 Å². The van der Waals surface area contributed by atoms with Gasteiger partial charge in [0.25, 0.3) is 0 Å². The summed E-state index contributed by atoms with van der Waals surface area (Å²) in [7, 11) is 1.43. The Morgan fingerprint density at radius 3 is 2.68 bits per heavy atom. The molecular weight excluding hydrogens is 324 g/mol. The van der Waals surface area contributed by atoms with Crippen molar-refractivity contribution in [3.8, 4) is 0 Å². The van der Waals surface area contributed by atoms with E-state index in [0.29, 0.717) is 19.3 Å². The summed E-state index contributed by atoms with van der Waals surface area (Å²) in [4.78, 5) is 25.7. The van der Waals surface area contributed by atoms with Crippen molar-refractivity contribution in [1.29, 1.82) is 0 Å². The van der Waals surface area contributed by atoms with Gasteiger partial charge in [0.1, 0.15) is 18.3 Å². The molecule has 144 valence electrons. The van der Waals surface area contributed by atoms with Crippen molar-refractivity contribution >= 4 is 5.97 Å². The van der Waals surface area contributed by atoms with Crippen molar-refractivity contribution in [2.75, 3.05) is 7.11 Å². The summed E-state index contributed by atoms with van der Waals surface area (Å²) in [6.07, 6.45) is 15.8. The molecule has 1 aliphatic heterocycles. The number of ether oxygens (including phenoxy) is 1. The summed E-state index contributed by atoms with van der Waals surface area (Å²) in [5.41, 5.74) is 0. The van der Waals surface area contributed by atoms with E-state index in [1.54, 1.807) is 0 Å². The summed E-state index contributed by atoms with van der Waals surface area (Å²) in [5, 5.41) is 8.79. The Bertz CT molecular complexity index is 403. The topological polar surface area (TPSA) is 74.2 Å². The van der Waals surface area contributed by atoms with Gasteiger partial charge in [0.15, 0.2) is 0 Å². The van der Waals surface area contributed by atoms with Crippen molar-refractivity contribution in [3.63, 3.8) is 0 Å². The highest BCUT2D eigenvalue weighted by Crippen LogP contribution is 2.23. The Hall–Kier alpha value is -1.21. The van der Waals surface area contributed by atoms with E-state index in [2.05, 4.69) is 15.7 Å². The highest BCUT2D eigenvalue weighted by Gasteiger charge is 2.32. The van der Waals surface area contributed by atoms with Gasteiger partial charge in [-0.05, 0) is 25.7 Å². The third-order valence-corrected chi connectivity index (χ3v) is 4.27. The minimum Gasteiger partial charge on any atom is -0.469 e. The van der Waals surface area contributed by atoms with Gasteiger partial charge in [-0.15, -0.1) is 0 Å². The summed E-state index contributed by atoms with van der Waals surface area (Å²) < 4.78 is 4.61. The first-order valence-electron chi connectivity index (χ1n) is 9.23. The van der Waals surface area contributed by atoms with Crippen LogP contribution in [-0.4, -0.2) is 36.6 Å². The van der Waals surface area contributed by atoms with Crippen LogP contribution in [0, 0.1) is 0 Å². The predicted molar refractivity (Wildman–Crippen MR) is 94.8 cm³/mol. The van der Waals surface area contributed by atoms with Crippen molar-refractivity contribution in [1.82, 2.24) is 0 Å². The Morgan fingerprint density at radius 1 is 1.20 bits per heavy atom. The molecule has 0 aliphatic carbocycles. The zero-order valence-corrected chi connectivity index (χ0v) is 15.4. The number of rotatable bonds is 13. The first kappa shape index (κ1) is 21.8. The van der Waals surface area contributed by atoms with Gasteiger partial charge in [-0.3, -0.25) is 10.1 Å². The summed E-state index contributed by atoms with van der Waals surface area (Å²) in [6.45, 7) is 1.93. The SMILES string of the molecule is CCC(OO)[C@H]1C[C@@H](/C=C/C=C\CCCCCCCC(=O)OC)OO1. The van der Waals surface area contributed by atoms with E-state index in [0.717, 1.165) is 32.1 Å². The molecule has 0 bridgehead atoms. The summed E-state index contributed by atoms with van der Waals surface area (Å²) in [5.74, 6) is -0.119. The fourth-order valence-electron chi connectivity index (χ4n) is 2.71.